The summed E-state index contributed by atoms with van der Waals surface area (Å²) in [6, 6.07) is 0. The zero-order valence-corrected chi connectivity index (χ0v) is 13.5. The first-order valence-corrected chi connectivity index (χ1v) is 7.30. The van der Waals surface area contributed by atoms with Crippen LogP contribution in [0.4, 0.5) is 0 Å². The number of carbonyl (C=O) groups is 2. The first-order chi connectivity index (χ1) is 9.43. The molecule has 6 nitrogen and oxygen atoms in total. The topological polar surface area (TPSA) is 98.7 Å². The van der Waals surface area contributed by atoms with E-state index >= 15 is 0 Å². The maximum atomic E-state index is 10.5. The molecule has 0 radical (unpaired) electrons. The fourth-order valence-corrected chi connectivity index (χ4v) is 2.61. The molecular weight excluding hydrogens is 296 g/mol. The Hall–Kier alpha value is -0.850. The number of hydrogen-bond donors (Lipinski definition) is 4. The van der Waals surface area contributed by atoms with Gasteiger partial charge in [0, 0.05) is 0 Å². The molecule has 0 amide bonds. The van der Waals surface area contributed by atoms with E-state index in [1.807, 2.05) is 0 Å². The predicted molar refractivity (Wildman–Crippen MR) is 82.8 cm³/mol. The van der Waals surface area contributed by atoms with Crippen molar-refractivity contribution >= 4 is 24.3 Å². The van der Waals surface area contributed by atoms with Crippen molar-refractivity contribution in [1.82, 2.24) is 10.6 Å². The van der Waals surface area contributed by atoms with Crippen LogP contribution in [0.5, 0.6) is 0 Å². The molecule has 7 heteroatoms. The molecule has 0 aromatic rings. The number of halogens is 1. The molecule has 0 spiro atoms. The molecule has 2 rings (SSSR count). The largest absolute Gasteiger partial charge is 0.481 e. The number of carboxylic acids is 2. The molecule has 0 aliphatic carbocycles. The molecule has 21 heavy (non-hydrogen) atoms. The number of carboxylic acid groups (broad SMARTS) is 2. The van der Waals surface area contributed by atoms with E-state index in [2.05, 4.69) is 10.6 Å². The van der Waals surface area contributed by atoms with Crippen LogP contribution in [0.25, 0.3) is 0 Å². The number of nitrogens with one attached hydrogen (secondary N) is 2. The minimum atomic E-state index is -0.672. The molecule has 4 N–H and O–H groups in total. The van der Waals surface area contributed by atoms with Crippen LogP contribution in [-0.2, 0) is 9.59 Å². The molecule has 0 bridgehead atoms. The minimum absolute atomic E-state index is 0. The van der Waals surface area contributed by atoms with Gasteiger partial charge in [-0.15, -0.1) is 12.4 Å². The lowest BCUT2D eigenvalue weighted by Crippen LogP contribution is -2.22. The van der Waals surface area contributed by atoms with Gasteiger partial charge < -0.3 is 20.8 Å². The van der Waals surface area contributed by atoms with Crippen molar-refractivity contribution in [2.75, 3.05) is 26.2 Å². The van der Waals surface area contributed by atoms with Gasteiger partial charge in [-0.3, -0.25) is 9.59 Å². The van der Waals surface area contributed by atoms with E-state index < -0.39 is 11.9 Å². The summed E-state index contributed by atoms with van der Waals surface area (Å²) in [7, 11) is 0. The highest BCUT2D eigenvalue weighted by atomic mass is 35.5. The quantitative estimate of drug-likeness (QED) is 0.617. The molecule has 2 heterocycles. The highest BCUT2D eigenvalue weighted by molar-refractivity contribution is 5.85. The van der Waals surface area contributed by atoms with Gasteiger partial charge in [0.05, 0.1) is 11.8 Å². The van der Waals surface area contributed by atoms with Crippen LogP contribution in [-0.4, -0.2) is 48.3 Å². The van der Waals surface area contributed by atoms with Gasteiger partial charge in [-0.2, -0.15) is 0 Å². The molecular formula is C14H27ClN2O4. The fourth-order valence-electron chi connectivity index (χ4n) is 2.61. The molecule has 2 saturated heterocycles. The van der Waals surface area contributed by atoms with Crippen molar-refractivity contribution in [3.05, 3.63) is 0 Å². The van der Waals surface area contributed by atoms with Gasteiger partial charge in [0.25, 0.3) is 0 Å². The number of rotatable bonds is 4. The molecule has 0 aromatic carbocycles. The number of hydrogen-bond acceptors (Lipinski definition) is 4. The third kappa shape index (κ3) is 6.63. The van der Waals surface area contributed by atoms with Crippen LogP contribution in [0.2, 0.25) is 0 Å². The second-order valence-corrected chi connectivity index (χ2v) is 5.76. The summed E-state index contributed by atoms with van der Waals surface area (Å²) in [5.74, 6) is -1.03. The zero-order valence-electron chi connectivity index (χ0n) is 12.7. The van der Waals surface area contributed by atoms with E-state index in [1.165, 1.54) is 0 Å². The molecule has 2 fully saturated rings. The summed E-state index contributed by atoms with van der Waals surface area (Å²) in [5.41, 5.74) is 0. The lowest BCUT2D eigenvalue weighted by Gasteiger charge is -2.11. The first-order valence-electron chi connectivity index (χ1n) is 7.30. The van der Waals surface area contributed by atoms with Gasteiger partial charge in [-0.25, -0.2) is 0 Å². The molecule has 124 valence electrons. The van der Waals surface area contributed by atoms with Crippen LogP contribution in [0.1, 0.15) is 26.7 Å². The predicted octanol–water partition coefficient (Wildman–Crippen LogP) is 1.06. The van der Waals surface area contributed by atoms with E-state index in [1.54, 1.807) is 13.8 Å². The van der Waals surface area contributed by atoms with Gasteiger partial charge >= 0.3 is 11.9 Å². The molecule has 0 aromatic heterocycles. The second-order valence-electron chi connectivity index (χ2n) is 5.76. The van der Waals surface area contributed by atoms with Crippen LogP contribution in [0.15, 0.2) is 0 Å². The summed E-state index contributed by atoms with van der Waals surface area (Å²) in [6.45, 7) is 7.24. The Bertz CT molecular complexity index is 297. The Morgan fingerprint density at radius 1 is 0.905 bits per heavy atom. The average molecular weight is 323 g/mol. The van der Waals surface area contributed by atoms with E-state index in [0.717, 1.165) is 39.0 Å². The van der Waals surface area contributed by atoms with Crippen molar-refractivity contribution in [2.24, 2.45) is 23.7 Å². The van der Waals surface area contributed by atoms with Gasteiger partial charge in [0.15, 0.2) is 0 Å². The van der Waals surface area contributed by atoms with Gasteiger partial charge in [-0.05, 0) is 50.9 Å². The summed E-state index contributed by atoms with van der Waals surface area (Å²) in [6.07, 6.45) is 2.01. The normalized spacial score (nSPS) is 27.0. The standard InChI is InChI=1S/2C7H13NO2.ClH/c2*1-5(7(9)10)6-2-3-8-4-6;/h2*5-6,8H,2-4H2,1H3,(H,9,10);1H/t2*5?,6-;/m00./s1. The van der Waals surface area contributed by atoms with E-state index in [4.69, 9.17) is 10.2 Å². The molecule has 4 atom stereocenters. The Kier molecular flexibility index (Phi) is 9.57. The maximum absolute atomic E-state index is 10.5. The van der Waals surface area contributed by atoms with Crippen LogP contribution < -0.4 is 10.6 Å². The number of aliphatic carboxylic acids is 2. The van der Waals surface area contributed by atoms with E-state index in [0.29, 0.717) is 11.8 Å². The van der Waals surface area contributed by atoms with Crippen LogP contribution in [0.3, 0.4) is 0 Å². The van der Waals surface area contributed by atoms with Crippen molar-refractivity contribution in [3.8, 4) is 0 Å². The van der Waals surface area contributed by atoms with Crippen LogP contribution >= 0.6 is 12.4 Å². The second kappa shape index (κ2) is 9.97. The van der Waals surface area contributed by atoms with Gasteiger partial charge in [-0.1, -0.05) is 13.8 Å². The Labute approximate surface area is 132 Å². The highest BCUT2D eigenvalue weighted by Gasteiger charge is 2.26. The van der Waals surface area contributed by atoms with Crippen molar-refractivity contribution in [3.63, 3.8) is 0 Å². The summed E-state index contributed by atoms with van der Waals surface area (Å²) in [5, 5.41) is 23.5. The Morgan fingerprint density at radius 3 is 1.43 bits per heavy atom. The SMILES string of the molecule is CC(C(=O)O)[C@H]1CCNC1.CC(C(=O)O)[C@H]1CCNC1.Cl. The fraction of sp³-hybridized carbons (Fsp3) is 0.857. The van der Waals surface area contributed by atoms with Crippen molar-refractivity contribution in [2.45, 2.75) is 26.7 Å². The van der Waals surface area contributed by atoms with Crippen LogP contribution in [0, 0.1) is 23.7 Å². The Balaban J connectivity index is 0.000000364. The average Bonchev–Trinajstić information content (AvgIpc) is 3.10. The molecule has 0 saturated carbocycles. The third-order valence-corrected chi connectivity index (χ3v) is 4.39. The third-order valence-electron chi connectivity index (χ3n) is 4.39. The Morgan fingerprint density at radius 2 is 1.24 bits per heavy atom. The summed E-state index contributed by atoms with van der Waals surface area (Å²) >= 11 is 0. The van der Waals surface area contributed by atoms with Gasteiger partial charge in [0.2, 0.25) is 0 Å². The first kappa shape index (κ1) is 20.1. The summed E-state index contributed by atoms with van der Waals surface area (Å²) < 4.78 is 0. The van der Waals surface area contributed by atoms with Gasteiger partial charge in [0.1, 0.15) is 0 Å². The van der Waals surface area contributed by atoms with Crippen molar-refractivity contribution in [1.29, 1.82) is 0 Å². The smallest absolute Gasteiger partial charge is 0.306 e. The highest BCUT2D eigenvalue weighted by Crippen LogP contribution is 2.18. The maximum Gasteiger partial charge on any atom is 0.306 e. The van der Waals surface area contributed by atoms with Crippen molar-refractivity contribution < 1.29 is 19.8 Å². The molecule has 2 aliphatic heterocycles. The lowest BCUT2D eigenvalue weighted by atomic mass is 9.94. The monoisotopic (exact) mass is 322 g/mol. The molecule has 2 aliphatic rings. The lowest BCUT2D eigenvalue weighted by molar-refractivity contribution is -0.143. The van der Waals surface area contributed by atoms with E-state index in [9.17, 15) is 9.59 Å². The summed E-state index contributed by atoms with van der Waals surface area (Å²) in [4.78, 5) is 20.9. The van der Waals surface area contributed by atoms with E-state index in [-0.39, 0.29) is 24.2 Å². The molecule has 2 unspecified atom stereocenters. The minimum Gasteiger partial charge on any atom is -0.481 e. The zero-order chi connectivity index (χ0) is 15.1.